The number of rotatable bonds is 6. The first-order valence-corrected chi connectivity index (χ1v) is 9.97. The Labute approximate surface area is 168 Å². The zero-order valence-electron chi connectivity index (χ0n) is 15.5. The van der Waals surface area contributed by atoms with Crippen molar-refractivity contribution in [1.29, 1.82) is 0 Å². The van der Waals surface area contributed by atoms with Crippen molar-refractivity contribution in [2.75, 3.05) is 11.9 Å². The minimum atomic E-state index is -0.140. The maximum absolute atomic E-state index is 12.5. The van der Waals surface area contributed by atoms with Crippen molar-refractivity contribution >= 4 is 34.5 Å². The average molecular weight is 401 g/mol. The third-order valence-electron chi connectivity index (χ3n) is 4.01. The number of hydrogen-bond donors (Lipinski definition) is 1. The Kier molecular flexibility index (Phi) is 6.14. The van der Waals surface area contributed by atoms with Crippen molar-refractivity contribution in [1.82, 2.24) is 4.98 Å². The summed E-state index contributed by atoms with van der Waals surface area (Å²) in [7, 11) is 0. The van der Waals surface area contributed by atoms with Crippen LogP contribution < -0.4 is 10.1 Å². The Morgan fingerprint density at radius 1 is 1.26 bits per heavy atom. The Hall–Kier alpha value is -2.37. The molecule has 0 unspecified atom stereocenters. The molecule has 0 bridgehead atoms. The van der Waals surface area contributed by atoms with E-state index in [-0.39, 0.29) is 12.3 Å². The number of nitrogens with zero attached hydrogens (tertiary/aromatic N) is 1. The van der Waals surface area contributed by atoms with Crippen molar-refractivity contribution in [2.45, 2.75) is 27.2 Å². The van der Waals surface area contributed by atoms with Gasteiger partial charge in [-0.2, -0.15) is 0 Å². The first-order chi connectivity index (χ1) is 13.0. The van der Waals surface area contributed by atoms with E-state index in [1.165, 1.54) is 11.3 Å². The molecule has 0 saturated carbocycles. The fourth-order valence-corrected chi connectivity index (χ4v) is 4.08. The van der Waals surface area contributed by atoms with Crippen LogP contribution >= 0.6 is 22.9 Å². The molecule has 27 heavy (non-hydrogen) atoms. The first-order valence-electron chi connectivity index (χ1n) is 8.71. The molecule has 3 aromatic rings. The number of benzene rings is 2. The molecule has 0 aliphatic rings. The molecule has 1 amide bonds. The maximum Gasteiger partial charge on any atom is 0.230 e. The molecule has 1 heterocycles. The zero-order valence-corrected chi connectivity index (χ0v) is 17.1. The van der Waals surface area contributed by atoms with Gasteiger partial charge in [-0.25, -0.2) is 4.98 Å². The summed E-state index contributed by atoms with van der Waals surface area (Å²) in [5, 5.41) is 6.19. The smallest absolute Gasteiger partial charge is 0.230 e. The molecule has 4 nitrogen and oxygen atoms in total. The molecule has 0 fully saturated rings. The van der Waals surface area contributed by atoms with Crippen LogP contribution in [0, 0.1) is 13.8 Å². The van der Waals surface area contributed by atoms with Crippen molar-refractivity contribution in [3.05, 3.63) is 63.6 Å². The fraction of sp³-hybridized carbons (Fsp3) is 0.238. The van der Waals surface area contributed by atoms with E-state index in [1.54, 1.807) is 0 Å². The Morgan fingerprint density at radius 2 is 2.04 bits per heavy atom. The number of carbonyl (C=O) groups excluding carboxylic acids is 1. The number of amides is 1. The normalized spacial score (nSPS) is 10.7. The molecule has 3 rings (SSSR count). The van der Waals surface area contributed by atoms with E-state index in [0.717, 1.165) is 33.1 Å². The van der Waals surface area contributed by atoms with Crippen LogP contribution in [0.5, 0.6) is 5.75 Å². The van der Waals surface area contributed by atoms with E-state index in [4.69, 9.17) is 16.3 Å². The summed E-state index contributed by atoms with van der Waals surface area (Å²) >= 11 is 7.77. The summed E-state index contributed by atoms with van der Waals surface area (Å²) in [5.41, 5.74) is 4.32. The van der Waals surface area contributed by atoms with E-state index in [9.17, 15) is 4.79 Å². The van der Waals surface area contributed by atoms with Crippen molar-refractivity contribution in [2.24, 2.45) is 0 Å². The maximum atomic E-state index is 12.5. The van der Waals surface area contributed by atoms with Crippen molar-refractivity contribution < 1.29 is 9.53 Å². The second-order valence-corrected chi connectivity index (χ2v) is 7.50. The minimum absolute atomic E-state index is 0.140. The number of halogens is 1. The summed E-state index contributed by atoms with van der Waals surface area (Å²) in [5.74, 6) is 0.659. The molecule has 2 aromatic carbocycles. The quantitative estimate of drug-likeness (QED) is 0.580. The molecule has 0 radical (unpaired) electrons. The van der Waals surface area contributed by atoms with Crippen LogP contribution in [0.3, 0.4) is 0 Å². The molecule has 1 aromatic heterocycles. The standard InChI is InChI=1S/C21H21ClN2O2S/c1-4-26-18-8-6-5-7-16(18)21-23-15(12-27-21)11-19(25)24-20-14(3)9-13(2)10-17(20)22/h5-10,12H,4,11H2,1-3H3,(H,24,25). The Bertz CT molecular complexity index is 945. The average Bonchev–Trinajstić information content (AvgIpc) is 3.07. The van der Waals surface area contributed by atoms with Crippen LogP contribution in [0.25, 0.3) is 10.6 Å². The van der Waals surface area contributed by atoms with Crippen LogP contribution in [0.2, 0.25) is 5.02 Å². The van der Waals surface area contributed by atoms with Gasteiger partial charge in [-0.1, -0.05) is 29.8 Å². The molecule has 0 spiro atoms. The van der Waals surface area contributed by atoms with Crippen molar-refractivity contribution in [3.63, 3.8) is 0 Å². The number of aromatic nitrogens is 1. The number of para-hydroxylation sites is 1. The van der Waals surface area contributed by atoms with Crippen LogP contribution in [-0.2, 0) is 11.2 Å². The number of ether oxygens (including phenoxy) is 1. The lowest BCUT2D eigenvalue weighted by molar-refractivity contribution is -0.115. The van der Waals surface area contributed by atoms with E-state index >= 15 is 0 Å². The number of aryl methyl sites for hydroxylation is 2. The number of anilines is 1. The number of thiazole rings is 1. The van der Waals surface area contributed by atoms with Gasteiger partial charge in [0, 0.05) is 5.38 Å². The Balaban J connectivity index is 1.74. The largest absolute Gasteiger partial charge is 0.493 e. The highest BCUT2D eigenvalue weighted by atomic mass is 35.5. The highest BCUT2D eigenvalue weighted by molar-refractivity contribution is 7.13. The van der Waals surface area contributed by atoms with Gasteiger partial charge < -0.3 is 10.1 Å². The zero-order chi connectivity index (χ0) is 19.4. The third kappa shape index (κ3) is 4.67. The van der Waals surface area contributed by atoms with Gasteiger partial charge in [0.15, 0.2) is 0 Å². The fourth-order valence-electron chi connectivity index (χ4n) is 2.86. The highest BCUT2D eigenvalue weighted by Crippen LogP contribution is 2.32. The summed E-state index contributed by atoms with van der Waals surface area (Å²) < 4.78 is 5.67. The third-order valence-corrected chi connectivity index (χ3v) is 5.23. The number of carbonyl (C=O) groups is 1. The molecule has 1 N–H and O–H groups in total. The molecular formula is C21H21ClN2O2S. The van der Waals surface area contributed by atoms with E-state index in [1.807, 2.05) is 62.5 Å². The molecule has 0 aliphatic carbocycles. The minimum Gasteiger partial charge on any atom is -0.493 e. The van der Waals surface area contributed by atoms with E-state index in [2.05, 4.69) is 10.3 Å². The molecule has 0 aliphatic heterocycles. The van der Waals surface area contributed by atoms with Gasteiger partial charge in [-0.3, -0.25) is 4.79 Å². The second kappa shape index (κ2) is 8.55. The van der Waals surface area contributed by atoms with E-state index < -0.39 is 0 Å². The summed E-state index contributed by atoms with van der Waals surface area (Å²) in [6.07, 6.45) is 0.191. The van der Waals surface area contributed by atoms with Gasteiger partial charge in [0.1, 0.15) is 10.8 Å². The van der Waals surface area contributed by atoms with Gasteiger partial charge in [0.05, 0.1) is 35.0 Å². The van der Waals surface area contributed by atoms with Gasteiger partial charge in [-0.15, -0.1) is 11.3 Å². The number of nitrogens with one attached hydrogen (secondary N) is 1. The molecular weight excluding hydrogens is 380 g/mol. The predicted octanol–water partition coefficient (Wildman–Crippen LogP) is 5.66. The van der Waals surface area contributed by atoms with Gasteiger partial charge in [-0.05, 0) is 50.1 Å². The van der Waals surface area contributed by atoms with Gasteiger partial charge in [0.25, 0.3) is 0 Å². The summed E-state index contributed by atoms with van der Waals surface area (Å²) in [4.78, 5) is 17.1. The predicted molar refractivity (Wildman–Crippen MR) is 112 cm³/mol. The van der Waals surface area contributed by atoms with Crippen molar-refractivity contribution in [3.8, 4) is 16.3 Å². The van der Waals surface area contributed by atoms with Gasteiger partial charge >= 0.3 is 0 Å². The lowest BCUT2D eigenvalue weighted by atomic mass is 10.1. The van der Waals surface area contributed by atoms with Crippen LogP contribution in [0.4, 0.5) is 5.69 Å². The first kappa shape index (κ1) is 19.4. The second-order valence-electron chi connectivity index (χ2n) is 6.24. The molecule has 0 atom stereocenters. The van der Waals surface area contributed by atoms with Gasteiger partial charge in [0.2, 0.25) is 5.91 Å². The lowest BCUT2D eigenvalue weighted by Crippen LogP contribution is -2.15. The summed E-state index contributed by atoms with van der Waals surface area (Å²) in [6, 6.07) is 11.6. The lowest BCUT2D eigenvalue weighted by Gasteiger charge is -2.11. The molecule has 6 heteroatoms. The Morgan fingerprint density at radius 3 is 2.78 bits per heavy atom. The monoisotopic (exact) mass is 400 g/mol. The van der Waals surface area contributed by atoms with Crippen LogP contribution in [-0.4, -0.2) is 17.5 Å². The number of hydrogen-bond acceptors (Lipinski definition) is 4. The molecule has 140 valence electrons. The highest BCUT2D eigenvalue weighted by Gasteiger charge is 2.14. The van der Waals surface area contributed by atoms with Crippen LogP contribution in [0.1, 0.15) is 23.7 Å². The topological polar surface area (TPSA) is 51.2 Å². The van der Waals surface area contributed by atoms with E-state index in [0.29, 0.717) is 17.3 Å². The molecule has 0 saturated heterocycles. The SMILES string of the molecule is CCOc1ccccc1-c1nc(CC(=O)Nc2c(C)cc(C)cc2Cl)cs1. The van der Waals surface area contributed by atoms with Crippen LogP contribution in [0.15, 0.2) is 41.8 Å². The summed E-state index contributed by atoms with van der Waals surface area (Å²) in [6.45, 7) is 6.45.